The highest BCUT2D eigenvalue weighted by molar-refractivity contribution is 5.20. The Morgan fingerprint density at radius 3 is 2.11 bits per heavy atom. The van der Waals surface area contributed by atoms with Crippen LogP contribution < -0.4 is 0 Å². The van der Waals surface area contributed by atoms with Crippen LogP contribution in [0.2, 0.25) is 0 Å². The maximum absolute atomic E-state index is 13.0. The summed E-state index contributed by atoms with van der Waals surface area (Å²) in [5.41, 5.74) is 0.334. The Labute approximate surface area is 108 Å². The zero-order valence-electron chi connectivity index (χ0n) is 11.0. The number of hydrogen-bond donors (Lipinski definition) is 1. The van der Waals surface area contributed by atoms with E-state index >= 15 is 0 Å². The maximum Gasteiger partial charge on any atom is 0.126 e. The van der Waals surface area contributed by atoms with Crippen molar-refractivity contribution < 1.29 is 13.9 Å². The zero-order valence-corrected chi connectivity index (χ0v) is 11.0. The Morgan fingerprint density at radius 2 is 1.50 bits per heavy atom. The predicted octanol–water partition coefficient (Wildman–Crippen LogP) is 4.75. The molecule has 1 rings (SSSR count). The van der Waals surface area contributed by atoms with Gasteiger partial charge in [-0.2, -0.15) is 0 Å². The molecule has 1 unspecified atom stereocenters. The fourth-order valence-electron chi connectivity index (χ4n) is 2.05. The van der Waals surface area contributed by atoms with Crippen molar-refractivity contribution >= 4 is 0 Å². The monoisotopic (exact) mass is 256 g/mol. The van der Waals surface area contributed by atoms with E-state index in [4.69, 9.17) is 0 Å². The molecule has 0 saturated heterocycles. The van der Waals surface area contributed by atoms with Crippen molar-refractivity contribution in [2.45, 2.75) is 58.0 Å². The van der Waals surface area contributed by atoms with Crippen LogP contribution in [0.15, 0.2) is 18.2 Å². The van der Waals surface area contributed by atoms with E-state index in [2.05, 4.69) is 6.92 Å². The molecule has 0 amide bonds. The van der Waals surface area contributed by atoms with Crippen molar-refractivity contribution in [1.82, 2.24) is 0 Å². The fraction of sp³-hybridized carbons (Fsp3) is 0.600. The summed E-state index contributed by atoms with van der Waals surface area (Å²) >= 11 is 0. The van der Waals surface area contributed by atoms with Crippen LogP contribution >= 0.6 is 0 Å². The standard InChI is InChI=1S/C15H22F2O/c1-2-3-4-5-6-7-8-15(18)12-9-13(16)11-14(17)10-12/h9-11,15,18H,2-8H2,1H3. The lowest BCUT2D eigenvalue weighted by Crippen LogP contribution is -1.99. The number of unbranched alkanes of at least 4 members (excludes halogenated alkanes) is 5. The van der Waals surface area contributed by atoms with Gasteiger partial charge in [-0.15, -0.1) is 0 Å². The Bertz CT molecular complexity index is 332. The van der Waals surface area contributed by atoms with Gasteiger partial charge in [0.05, 0.1) is 6.10 Å². The summed E-state index contributed by atoms with van der Waals surface area (Å²) in [5, 5.41) is 9.84. The molecule has 1 aromatic carbocycles. The van der Waals surface area contributed by atoms with E-state index in [1.54, 1.807) is 0 Å². The van der Waals surface area contributed by atoms with E-state index in [0.717, 1.165) is 25.3 Å². The van der Waals surface area contributed by atoms with Crippen molar-refractivity contribution in [1.29, 1.82) is 0 Å². The zero-order chi connectivity index (χ0) is 13.4. The van der Waals surface area contributed by atoms with Crippen LogP contribution in [-0.4, -0.2) is 5.11 Å². The second-order valence-electron chi connectivity index (χ2n) is 4.78. The van der Waals surface area contributed by atoms with Gasteiger partial charge in [-0.1, -0.05) is 45.4 Å². The minimum absolute atomic E-state index is 0.334. The van der Waals surface area contributed by atoms with E-state index in [9.17, 15) is 13.9 Å². The van der Waals surface area contributed by atoms with Crippen LogP contribution in [0.1, 0.15) is 63.5 Å². The summed E-state index contributed by atoms with van der Waals surface area (Å²) < 4.78 is 25.9. The largest absolute Gasteiger partial charge is 0.388 e. The first kappa shape index (κ1) is 15.1. The molecule has 0 bridgehead atoms. The van der Waals surface area contributed by atoms with Crippen LogP contribution in [-0.2, 0) is 0 Å². The number of hydrogen-bond acceptors (Lipinski definition) is 1. The number of benzene rings is 1. The first-order valence-corrected chi connectivity index (χ1v) is 6.77. The number of aliphatic hydroxyl groups excluding tert-OH is 1. The Morgan fingerprint density at radius 1 is 0.944 bits per heavy atom. The molecule has 0 radical (unpaired) electrons. The van der Waals surface area contributed by atoms with Gasteiger partial charge in [0.25, 0.3) is 0 Å². The lowest BCUT2D eigenvalue weighted by atomic mass is 10.0. The molecular formula is C15H22F2O. The average Bonchev–Trinajstić information content (AvgIpc) is 2.32. The summed E-state index contributed by atoms with van der Waals surface area (Å²) in [6.07, 6.45) is 6.61. The molecule has 1 aromatic rings. The number of rotatable bonds is 8. The molecule has 0 aliphatic carbocycles. The predicted molar refractivity (Wildman–Crippen MR) is 69.3 cm³/mol. The van der Waals surface area contributed by atoms with Gasteiger partial charge in [-0.25, -0.2) is 8.78 Å². The van der Waals surface area contributed by atoms with E-state index in [-0.39, 0.29) is 0 Å². The van der Waals surface area contributed by atoms with Crippen molar-refractivity contribution in [3.63, 3.8) is 0 Å². The molecule has 0 spiro atoms. The van der Waals surface area contributed by atoms with E-state index < -0.39 is 17.7 Å². The molecule has 3 heteroatoms. The highest BCUT2D eigenvalue weighted by atomic mass is 19.1. The molecule has 1 N–H and O–H groups in total. The van der Waals surface area contributed by atoms with Gasteiger partial charge in [0.15, 0.2) is 0 Å². The summed E-state index contributed by atoms with van der Waals surface area (Å²) in [6.45, 7) is 2.17. The van der Waals surface area contributed by atoms with Crippen molar-refractivity contribution in [3.05, 3.63) is 35.4 Å². The molecule has 0 heterocycles. The van der Waals surface area contributed by atoms with E-state index in [1.165, 1.54) is 31.4 Å². The summed E-state index contributed by atoms with van der Waals surface area (Å²) in [6, 6.07) is 3.22. The van der Waals surface area contributed by atoms with Crippen LogP contribution in [0.3, 0.4) is 0 Å². The topological polar surface area (TPSA) is 20.2 Å². The molecular weight excluding hydrogens is 234 g/mol. The normalized spacial score (nSPS) is 12.7. The van der Waals surface area contributed by atoms with Crippen molar-refractivity contribution in [2.75, 3.05) is 0 Å². The third-order valence-corrected chi connectivity index (χ3v) is 3.10. The maximum atomic E-state index is 13.0. The molecule has 18 heavy (non-hydrogen) atoms. The number of halogens is 2. The summed E-state index contributed by atoms with van der Waals surface area (Å²) in [4.78, 5) is 0. The van der Waals surface area contributed by atoms with Crippen LogP contribution in [0.25, 0.3) is 0 Å². The van der Waals surface area contributed by atoms with Crippen LogP contribution in [0, 0.1) is 11.6 Å². The summed E-state index contributed by atoms with van der Waals surface area (Å²) in [5.74, 6) is -1.26. The van der Waals surface area contributed by atoms with Gasteiger partial charge >= 0.3 is 0 Å². The van der Waals surface area contributed by atoms with Gasteiger partial charge in [-0.3, -0.25) is 0 Å². The first-order chi connectivity index (χ1) is 8.63. The van der Waals surface area contributed by atoms with Gasteiger partial charge in [0.2, 0.25) is 0 Å². The van der Waals surface area contributed by atoms with Crippen LogP contribution in [0.5, 0.6) is 0 Å². The molecule has 1 atom stereocenters. The molecule has 0 aromatic heterocycles. The lowest BCUT2D eigenvalue weighted by Gasteiger charge is -2.11. The Kier molecular flexibility index (Phi) is 6.88. The second-order valence-corrected chi connectivity index (χ2v) is 4.78. The first-order valence-electron chi connectivity index (χ1n) is 6.77. The van der Waals surface area contributed by atoms with Gasteiger partial charge in [-0.05, 0) is 24.1 Å². The minimum Gasteiger partial charge on any atom is -0.388 e. The average molecular weight is 256 g/mol. The third kappa shape index (κ3) is 5.58. The lowest BCUT2D eigenvalue weighted by molar-refractivity contribution is 0.162. The minimum atomic E-state index is -0.763. The Balaban J connectivity index is 2.29. The molecule has 0 aliphatic rings. The SMILES string of the molecule is CCCCCCCCC(O)c1cc(F)cc(F)c1. The van der Waals surface area contributed by atoms with Crippen LogP contribution in [0.4, 0.5) is 8.78 Å². The van der Waals surface area contributed by atoms with Crippen molar-refractivity contribution in [2.24, 2.45) is 0 Å². The highest BCUT2D eigenvalue weighted by Gasteiger charge is 2.10. The van der Waals surface area contributed by atoms with E-state index in [0.29, 0.717) is 12.0 Å². The molecule has 0 saturated carbocycles. The molecule has 0 aliphatic heterocycles. The Hall–Kier alpha value is -0.960. The number of aliphatic hydroxyl groups is 1. The fourth-order valence-corrected chi connectivity index (χ4v) is 2.05. The van der Waals surface area contributed by atoms with E-state index in [1.807, 2.05) is 0 Å². The van der Waals surface area contributed by atoms with Crippen molar-refractivity contribution in [3.8, 4) is 0 Å². The third-order valence-electron chi connectivity index (χ3n) is 3.10. The van der Waals surface area contributed by atoms with Gasteiger partial charge < -0.3 is 5.11 Å². The van der Waals surface area contributed by atoms with Gasteiger partial charge in [0.1, 0.15) is 11.6 Å². The molecule has 0 fully saturated rings. The highest BCUT2D eigenvalue weighted by Crippen LogP contribution is 2.22. The molecule has 1 nitrogen and oxygen atoms in total. The molecule has 102 valence electrons. The summed E-state index contributed by atoms with van der Waals surface area (Å²) in [7, 11) is 0. The second kappa shape index (κ2) is 8.20. The quantitative estimate of drug-likeness (QED) is 0.665. The smallest absolute Gasteiger partial charge is 0.126 e. The van der Waals surface area contributed by atoms with Gasteiger partial charge in [0, 0.05) is 6.07 Å².